The standard InChI is InChI=1S/C25H30Cl2N2O3/c1-28(23(30)15-16-6-9-19(26)20(27)14-16)24-17-8-11-22(31-2)25(32-3)18(17)7-10-21(24)29-12-4-5-13-29/h6,8-9,11,14,21,24H,4-5,7,10,12-13,15H2,1-3H3/t21-,24-/m0/s1. The monoisotopic (exact) mass is 476 g/mol. The molecule has 1 amide bonds. The molecule has 2 aromatic rings. The van der Waals surface area contributed by atoms with Gasteiger partial charge >= 0.3 is 0 Å². The Kier molecular flexibility index (Phi) is 7.18. The smallest absolute Gasteiger partial charge is 0.227 e. The van der Waals surface area contributed by atoms with Crippen LogP contribution in [0.3, 0.4) is 0 Å². The van der Waals surface area contributed by atoms with Crippen molar-refractivity contribution in [3.63, 3.8) is 0 Å². The largest absolute Gasteiger partial charge is 0.493 e. The number of carbonyl (C=O) groups is 1. The van der Waals surface area contributed by atoms with Crippen LogP contribution < -0.4 is 9.47 Å². The lowest BCUT2D eigenvalue weighted by molar-refractivity contribution is -0.133. The third-order valence-corrected chi connectivity index (χ3v) is 7.56. The maximum absolute atomic E-state index is 13.4. The molecule has 1 fully saturated rings. The second-order valence-electron chi connectivity index (χ2n) is 8.59. The van der Waals surface area contributed by atoms with Gasteiger partial charge in [0.2, 0.25) is 5.91 Å². The van der Waals surface area contributed by atoms with Gasteiger partial charge in [0.15, 0.2) is 11.5 Å². The Bertz CT molecular complexity index is 991. The van der Waals surface area contributed by atoms with E-state index in [-0.39, 0.29) is 24.4 Å². The van der Waals surface area contributed by atoms with E-state index in [4.69, 9.17) is 32.7 Å². The first-order chi connectivity index (χ1) is 15.4. The number of hydrogen-bond donors (Lipinski definition) is 0. The summed E-state index contributed by atoms with van der Waals surface area (Å²) in [5.41, 5.74) is 3.15. The Hall–Kier alpha value is -1.95. The van der Waals surface area contributed by atoms with Crippen molar-refractivity contribution in [2.45, 2.75) is 44.2 Å². The number of amides is 1. The van der Waals surface area contributed by atoms with Gasteiger partial charge in [-0.2, -0.15) is 0 Å². The number of likely N-dealkylation sites (tertiary alicyclic amines) is 1. The molecule has 32 heavy (non-hydrogen) atoms. The van der Waals surface area contributed by atoms with Crippen LogP contribution in [-0.2, 0) is 17.6 Å². The summed E-state index contributed by atoms with van der Waals surface area (Å²) in [5.74, 6) is 1.56. The number of rotatable bonds is 6. The van der Waals surface area contributed by atoms with E-state index in [2.05, 4.69) is 11.0 Å². The summed E-state index contributed by atoms with van der Waals surface area (Å²) >= 11 is 12.2. The van der Waals surface area contributed by atoms with Gasteiger partial charge in [-0.1, -0.05) is 35.3 Å². The number of likely N-dealkylation sites (N-methyl/N-ethyl adjacent to an activating group) is 1. The van der Waals surface area contributed by atoms with Gasteiger partial charge in [-0.3, -0.25) is 9.69 Å². The van der Waals surface area contributed by atoms with Crippen LogP contribution >= 0.6 is 23.2 Å². The van der Waals surface area contributed by atoms with Crippen molar-refractivity contribution in [3.05, 3.63) is 57.1 Å². The first-order valence-electron chi connectivity index (χ1n) is 11.1. The van der Waals surface area contributed by atoms with Crippen molar-refractivity contribution in [1.29, 1.82) is 0 Å². The normalized spacial score (nSPS) is 20.7. The average Bonchev–Trinajstić information content (AvgIpc) is 3.34. The number of benzene rings is 2. The summed E-state index contributed by atoms with van der Waals surface area (Å²) in [6.07, 6.45) is 4.58. The van der Waals surface area contributed by atoms with Gasteiger partial charge in [0, 0.05) is 18.7 Å². The molecule has 7 heteroatoms. The molecular weight excluding hydrogens is 447 g/mol. The summed E-state index contributed by atoms with van der Waals surface area (Å²) in [6, 6.07) is 9.67. The molecule has 2 aromatic carbocycles. The van der Waals surface area contributed by atoms with E-state index >= 15 is 0 Å². The Morgan fingerprint density at radius 2 is 1.84 bits per heavy atom. The predicted octanol–water partition coefficient (Wildman–Crippen LogP) is 5.16. The van der Waals surface area contributed by atoms with Crippen molar-refractivity contribution in [3.8, 4) is 11.5 Å². The molecule has 0 radical (unpaired) electrons. The van der Waals surface area contributed by atoms with Crippen LogP contribution in [0.4, 0.5) is 0 Å². The van der Waals surface area contributed by atoms with Crippen LogP contribution in [0.5, 0.6) is 11.5 Å². The number of halogens is 2. The van der Waals surface area contributed by atoms with Crippen molar-refractivity contribution < 1.29 is 14.3 Å². The molecule has 1 heterocycles. The van der Waals surface area contributed by atoms with Crippen LogP contribution in [-0.4, -0.2) is 56.1 Å². The molecule has 0 spiro atoms. The van der Waals surface area contributed by atoms with Crippen LogP contribution in [0, 0.1) is 0 Å². The maximum Gasteiger partial charge on any atom is 0.227 e. The topological polar surface area (TPSA) is 42.0 Å². The fraction of sp³-hybridized carbons (Fsp3) is 0.480. The number of fused-ring (bicyclic) bond motifs is 1. The van der Waals surface area contributed by atoms with E-state index in [0.717, 1.165) is 54.1 Å². The average molecular weight is 477 g/mol. The van der Waals surface area contributed by atoms with E-state index in [9.17, 15) is 4.79 Å². The maximum atomic E-state index is 13.4. The van der Waals surface area contributed by atoms with Crippen molar-refractivity contribution in [2.75, 3.05) is 34.4 Å². The molecular formula is C25H30Cl2N2O3. The molecule has 2 aliphatic rings. The third-order valence-electron chi connectivity index (χ3n) is 6.82. The van der Waals surface area contributed by atoms with Gasteiger partial charge in [-0.15, -0.1) is 0 Å². The fourth-order valence-electron chi connectivity index (χ4n) is 5.22. The van der Waals surface area contributed by atoms with Gasteiger partial charge < -0.3 is 14.4 Å². The van der Waals surface area contributed by atoms with Crippen LogP contribution in [0.1, 0.15) is 42.0 Å². The molecule has 0 unspecified atom stereocenters. The first-order valence-corrected chi connectivity index (χ1v) is 11.9. The van der Waals surface area contributed by atoms with Crippen molar-refractivity contribution >= 4 is 29.1 Å². The van der Waals surface area contributed by atoms with E-state index in [1.165, 1.54) is 12.8 Å². The minimum Gasteiger partial charge on any atom is -0.493 e. The minimum atomic E-state index is -0.0491. The quantitative estimate of drug-likeness (QED) is 0.576. The summed E-state index contributed by atoms with van der Waals surface area (Å²) in [7, 11) is 5.25. The van der Waals surface area contributed by atoms with Gasteiger partial charge in [0.05, 0.1) is 36.7 Å². The van der Waals surface area contributed by atoms with E-state index < -0.39 is 0 Å². The molecule has 0 saturated carbocycles. The second-order valence-corrected chi connectivity index (χ2v) is 9.41. The van der Waals surface area contributed by atoms with Crippen molar-refractivity contribution in [2.24, 2.45) is 0 Å². The number of carbonyl (C=O) groups excluding carboxylic acids is 1. The summed E-state index contributed by atoms with van der Waals surface area (Å²) in [4.78, 5) is 17.9. The Balaban J connectivity index is 1.68. The van der Waals surface area contributed by atoms with Gasteiger partial charge in [-0.25, -0.2) is 0 Å². The highest BCUT2D eigenvalue weighted by Gasteiger charge is 2.40. The molecule has 1 aliphatic heterocycles. The number of hydrogen-bond acceptors (Lipinski definition) is 4. The molecule has 1 aliphatic carbocycles. The van der Waals surface area contributed by atoms with Gasteiger partial charge in [0.25, 0.3) is 0 Å². The summed E-state index contributed by atoms with van der Waals surface area (Å²) < 4.78 is 11.3. The fourth-order valence-corrected chi connectivity index (χ4v) is 5.55. The zero-order valence-corrected chi connectivity index (χ0v) is 20.4. The van der Waals surface area contributed by atoms with Crippen LogP contribution in [0.15, 0.2) is 30.3 Å². The van der Waals surface area contributed by atoms with E-state index in [1.54, 1.807) is 26.4 Å². The zero-order chi connectivity index (χ0) is 22.8. The first kappa shape index (κ1) is 23.2. The Morgan fingerprint density at radius 3 is 2.50 bits per heavy atom. The lowest BCUT2D eigenvalue weighted by Crippen LogP contribution is -2.48. The Labute approximate surface area is 200 Å². The lowest BCUT2D eigenvalue weighted by Gasteiger charge is -2.44. The number of nitrogens with zero attached hydrogens (tertiary/aromatic N) is 2. The van der Waals surface area contributed by atoms with Crippen LogP contribution in [0.25, 0.3) is 0 Å². The molecule has 0 N–H and O–H groups in total. The summed E-state index contributed by atoms with van der Waals surface area (Å²) in [5, 5.41) is 0.960. The zero-order valence-electron chi connectivity index (χ0n) is 18.9. The molecule has 5 nitrogen and oxygen atoms in total. The molecule has 0 aromatic heterocycles. The van der Waals surface area contributed by atoms with Gasteiger partial charge in [-0.05, 0) is 68.1 Å². The van der Waals surface area contributed by atoms with E-state index in [0.29, 0.717) is 10.0 Å². The van der Waals surface area contributed by atoms with Crippen LogP contribution in [0.2, 0.25) is 10.0 Å². The number of methoxy groups -OCH3 is 2. The second kappa shape index (κ2) is 9.90. The predicted molar refractivity (Wildman–Crippen MR) is 128 cm³/mol. The summed E-state index contributed by atoms with van der Waals surface area (Å²) in [6.45, 7) is 2.16. The van der Waals surface area contributed by atoms with Crippen molar-refractivity contribution in [1.82, 2.24) is 9.80 Å². The Morgan fingerprint density at radius 1 is 1.09 bits per heavy atom. The molecule has 1 saturated heterocycles. The third kappa shape index (κ3) is 4.43. The molecule has 172 valence electrons. The van der Waals surface area contributed by atoms with E-state index in [1.807, 2.05) is 24.1 Å². The van der Waals surface area contributed by atoms with Gasteiger partial charge in [0.1, 0.15) is 0 Å². The highest BCUT2D eigenvalue weighted by molar-refractivity contribution is 6.42. The highest BCUT2D eigenvalue weighted by atomic mass is 35.5. The minimum absolute atomic E-state index is 0.0491. The highest BCUT2D eigenvalue weighted by Crippen LogP contribution is 2.45. The molecule has 2 atom stereocenters. The lowest BCUT2D eigenvalue weighted by atomic mass is 9.81. The SMILES string of the molecule is COc1ccc2c(c1OC)CC[C@H](N1CCCC1)[C@H]2N(C)C(=O)Cc1ccc(Cl)c(Cl)c1. The number of ether oxygens (including phenoxy) is 2. The molecule has 4 rings (SSSR count). The molecule has 0 bridgehead atoms.